The molecule has 7 heteroatoms. The van der Waals surface area contributed by atoms with Gasteiger partial charge in [0.25, 0.3) is 0 Å². The van der Waals surface area contributed by atoms with E-state index in [1.165, 1.54) is 0 Å². The van der Waals surface area contributed by atoms with E-state index in [-0.39, 0.29) is 24.0 Å². The van der Waals surface area contributed by atoms with Crippen molar-refractivity contribution in [2.45, 2.75) is 37.9 Å². The van der Waals surface area contributed by atoms with E-state index in [1.807, 2.05) is 6.92 Å². The number of hydrogen-bond acceptors (Lipinski definition) is 5. The van der Waals surface area contributed by atoms with Crippen LogP contribution in [0.1, 0.15) is 25.0 Å². The zero-order valence-electron chi connectivity index (χ0n) is 12.6. The monoisotopic (exact) mass is 309 g/mol. The van der Waals surface area contributed by atoms with Crippen molar-refractivity contribution in [2.75, 3.05) is 26.4 Å². The van der Waals surface area contributed by atoms with Crippen LogP contribution >= 0.6 is 0 Å². The molecular formula is C15H20FN3O3. The van der Waals surface area contributed by atoms with Gasteiger partial charge in [-0.05, 0) is 6.92 Å². The number of likely N-dealkylation sites (tertiary alicyclic amines) is 1. The molecule has 3 rings (SSSR count). The number of nitrogens with zero attached hydrogens (tertiary/aromatic N) is 3. The third-order valence-corrected chi connectivity index (χ3v) is 4.09. The number of halogens is 1. The Balaban J connectivity index is 1.56. The maximum atomic E-state index is 12.2. The van der Waals surface area contributed by atoms with Crippen molar-refractivity contribution in [1.29, 1.82) is 0 Å². The van der Waals surface area contributed by atoms with Crippen LogP contribution in [0.3, 0.4) is 0 Å². The lowest BCUT2D eigenvalue weighted by Crippen LogP contribution is -2.67. The van der Waals surface area contributed by atoms with E-state index in [2.05, 4.69) is 9.97 Å². The van der Waals surface area contributed by atoms with Crippen LogP contribution in [0.25, 0.3) is 0 Å². The van der Waals surface area contributed by atoms with Gasteiger partial charge in [0.15, 0.2) is 0 Å². The van der Waals surface area contributed by atoms with Gasteiger partial charge in [-0.2, -0.15) is 0 Å². The van der Waals surface area contributed by atoms with Crippen LogP contribution in [-0.2, 0) is 9.53 Å². The molecule has 2 aliphatic heterocycles. The van der Waals surface area contributed by atoms with Crippen LogP contribution < -0.4 is 4.74 Å². The molecule has 2 fully saturated rings. The van der Waals surface area contributed by atoms with Gasteiger partial charge in [0.1, 0.15) is 11.7 Å². The zero-order valence-corrected chi connectivity index (χ0v) is 12.6. The Morgan fingerprint density at radius 1 is 1.55 bits per heavy atom. The summed E-state index contributed by atoms with van der Waals surface area (Å²) in [4.78, 5) is 21.7. The first kappa shape index (κ1) is 15.1. The summed E-state index contributed by atoms with van der Waals surface area (Å²) in [5.74, 6) is 0.371. The first-order valence-electron chi connectivity index (χ1n) is 7.53. The Kier molecular flexibility index (Phi) is 4.24. The van der Waals surface area contributed by atoms with E-state index >= 15 is 0 Å². The molecule has 0 aliphatic carbocycles. The van der Waals surface area contributed by atoms with Crippen molar-refractivity contribution >= 4 is 5.91 Å². The summed E-state index contributed by atoms with van der Waals surface area (Å²) < 4.78 is 24.0. The van der Waals surface area contributed by atoms with Gasteiger partial charge in [-0.3, -0.25) is 14.2 Å². The van der Waals surface area contributed by atoms with Crippen molar-refractivity contribution in [1.82, 2.24) is 14.9 Å². The normalized spacial score (nSPS) is 23.2. The van der Waals surface area contributed by atoms with Crippen LogP contribution in [-0.4, -0.2) is 58.9 Å². The lowest BCUT2D eigenvalue weighted by molar-refractivity contribution is -0.193. The number of aryl methyl sites for hydroxylation is 1. The van der Waals surface area contributed by atoms with Crippen molar-refractivity contribution in [3.63, 3.8) is 0 Å². The summed E-state index contributed by atoms with van der Waals surface area (Å²) in [6, 6.07) is 0. The topological polar surface area (TPSA) is 64.6 Å². The highest BCUT2D eigenvalue weighted by Crippen LogP contribution is 2.35. The van der Waals surface area contributed by atoms with E-state index in [4.69, 9.17) is 9.47 Å². The summed E-state index contributed by atoms with van der Waals surface area (Å²) >= 11 is 0. The molecule has 120 valence electrons. The van der Waals surface area contributed by atoms with Gasteiger partial charge in [-0.1, -0.05) is 0 Å². The molecule has 0 saturated carbocycles. The van der Waals surface area contributed by atoms with Crippen LogP contribution in [0.15, 0.2) is 12.4 Å². The summed E-state index contributed by atoms with van der Waals surface area (Å²) in [6.07, 6.45) is 4.74. The highest BCUT2D eigenvalue weighted by atomic mass is 19.1. The van der Waals surface area contributed by atoms with Gasteiger partial charge in [0.05, 0.1) is 44.7 Å². The molecule has 1 aromatic heterocycles. The predicted molar refractivity (Wildman–Crippen MR) is 76.3 cm³/mol. The molecule has 0 aromatic carbocycles. The Morgan fingerprint density at radius 2 is 2.36 bits per heavy atom. The number of ether oxygens (including phenoxy) is 2. The number of aromatic nitrogens is 2. The van der Waals surface area contributed by atoms with Gasteiger partial charge in [0, 0.05) is 19.0 Å². The fourth-order valence-electron chi connectivity index (χ4n) is 3.04. The van der Waals surface area contributed by atoms with Crippen LogP contribution in [0.2, 0.25) is 0 Å². The van der Waals surface area contributed by atoms with E-state index in [9.17, 15) is 9.18 Å². The second-order valence-electron chi connectivity index (χ2n) is 5.95. The molecule has 6 nitrogen and oxygen atoms in total. The Bertz CT molecular complexity index is 549. The highest BCUT2D eigenvalue weighted by Gasteiger charge is 2.49. The highest BCUT2D eigenvalue weighted by molar-refractivity contribution is 5.77. The average Bonchev–Trinajstić information content (AvgIpc) is 2.45. The third-order valence-electron chi connectivity index (χ3n) is 4.09. The number of alkyl halides is 1. The quantitative estimate of drug-likeness (QED) is 0.838. The minimum absolute atomic E-state index is 0.00303. The molecule has 0 bridgehead atoms. The van der Waals surface area contributed by atoms with Gasteiger partial charge in [-0.15, -0.1) is 0 Å². The second kappa shape index (κ2) is 6.16. The molecule has 1 spiro atoms. The first-order chi connectivity index (χ1) is 10.6. The van der Waals surface area contributed by atoms with Gasteiger partial charge < -0.3 is 14.4 Å². The van der Waals surface area contributed by atoms with Crippen molar-refractivity contribution in [2.24, 2.45) is 0 Å². The average molecular weight is 309 g/mol. The Hall–Kier alpha value is -1.76. The largest absolute Gasteiger partial charge is 0.473 e. The SMILES string of the molecule is Cc1cncc(OC2CCOC3(C2)CN(C(=O)CCF)C3)n1. The smallest absolute Gasteiger partial charge is 0.232 e. The summed E-state index contributed by atoms with van der Waals surface area (Å²) in [6.45, 7) is 2.89. The lowest BCUT2D eigenvalue weighted by atomic mass is 9.84. The zero-order chi connectivity index (χ0) is 15.6. The summed E-state index contributed by atoms with van der Waals surface area (Å²) in [7, 11) is 0. The predicted octanol–water partition coefficient (Wildman–Crippen LogP) is 1.28. The molecule has 0 radical (unpaired) electrons. The van der Waals surface area contributed by atoms with Gasteiger partial charge >= 0.3 is 0 Å². The third kappa shape index (κ3) is 3.19. The number of hydrogen-bond donors (Lipinski definition) is 0. The van der Waals surface area contributed by atoms with Gasteiger partial charge in [-0.25, -0.2) is 4.98 Å². The molecule has 0 N–H and O–H groups in total. The van der Waals surface area contributed by atoms with Crippen LogP contribution in [0.5, 0.6) is 5.88 Å². The molecule has 2 saturated heterocycles. The molecule has 1 unspecified atom stereocenters. The van der Waals surface area contributed by atoms with E-state index in [0.717, 1.165) is 12.1 Å². The van der Waals surface area contributed by atoms with Gasteiger partial charge in [0.2, 0.25) is 11.8 Å². The van der Waals surface area contributed by atoms with Crippen LogP contribution in [0, 0.1) is 6.92 Å². The standard InChI is InChI=1S/C15H20FN3O3/c1-11-7-17-8-13(18-11)22-12-3-5-21-15(6-12)9-19(10-15)14(20)2-4-16/h7-8,12H,2-6,9-10H2,1H3. The maximum absolute atomic E-state index is 12.2. The van der Waals surface area contributed by atoms with Crippen molar-refractivity contribution < 1.29 is 18.7 Å². The van der Waals surface area contributed by atoms with E-state index < -0.39 is 6.67 Å². The van der Waals surface area contributed by atoms with E-state index in [0.29, 0.717) is 32.0 Å². The Labute approximate surface area is 128 Å². The first-order valence-corrected chi connectivity index (χ1v) is 7.53. The van der Waals surface area contributed by atoms with Crippen molar-refractivity contribution in [3.8, 4) is 5.88 Å². The number of amides is 1. The Morgan fingerprint density at radius 3 is 3.09 bits per heavy atom. The van der Waals surface area contributed by atoms with Crippen molar-refractivity contribution in [3.05, 3.63) is 18.1 Å². The second-order valence-corrected chi connectivity index (χ2v) is 5.95. The molecule has 1 atom stereocenters. The van der Waals surface area contributed by atoms with E-state index in [1.54, 1.807) is 17.3 Å². The lowest BCUT2D eigenvalue weighted by Gasteiger charge is -2.52. The molecule has 1 aromatic rings. The molecule has 2 aliphatic rings. The molecule has 1 amide bonds. The summed E-state index contributed by atoms with van der Waals surface area (Å²) in [5, 5.41) is 0. The number of carbonyl (C=O) groups is 1. The number of rotatable bonds is 4. The minimum Gasteiger partial charge on any atom is -0.473 e. The molecular weight excluding hydrogens is 289 g/mol. The fourth-order valence-corrected chi connectivity index (χ4v) is 3.04. The minimum atomic E-state index is -0.610. The molecule has 3 heterocycles. The summed E-state index contributed by atoms with van der Waals surface area (Å²) in [5.41, 5.74) is 0.470. The van der Waals surface area contributed by atoms with Crippen LogP contribution in [0.4, 0.5) is 4.39 Å². The number of carbonyl (C=O) groups excluding carboxylic acids is 1. The maximum Gasteiger partial charge on any atom is 0.232 e. The fraction of sp³-hybridized carbons (Fsp3) is 0.667. The molecule has 22 heavy (non-hydrogen) atoms.